The van der Waals surface area contributed by atoms with Crippen molar-refractivity contribution in [1.82, 2.24) is 4.90 Å². The molecule has 0 spiro atoms. The average Bonchev–Trinajstić information content (AvgIpc) is 2.50. The molecule has 5 nitrogen and oxygen atoms in total. The summed E-state index contributed by atoms with van der Waals surface area (Å²) in [7, 11) is 0. The molecule has 1 N–H and O–H groups in total. The molecule has 1 rings (SSSR count). The highest BCUT2D eigenvalue weighted by Crippen LogP contribution is 2.25. The van der Waals surface area contributed by atoms with Gasteiger partial charge in [-0.2, -0.15) is 0 Å². The van der Waals surface area contributed by atoms with Gasteiger partial charge in [-0.1, -0.05) is 26.2 Å². The van der Waals surface area contributed by atoms with E-state index < -0.39 is 11.9 Å². The monoisotopic (exact) mass is 299 g/mol. The second-order valence-electron chi connectivity index (χ2n) is 5.91. The number of carbonyl (C=O) groups is 2. The van der Waals surface area contributed by atoms with Crippen LogP contribution in [0.15, 0.2) is 0 Å². The normalized spacial score (nSPS) is 17.4. The molecule has 0 heterocycles. The fourth-order valence-electron chi connectivity index (χ4n) is 2.81. The lowest BCUT2D eigenvalue weighted by Crippen LogP contribution is -2.41. The van der Waals surface area contributed by atoms with E-state index in [1.54, 1.807) is 11.8 Å². The Hall–Kier alpha value is -1.10. The summed E-state index contributed by atoms with van der Waals surface area (Å²) in [5.41, 5.74) is 0. The van der Waals surface area contributed by atoms with E-state index in [9.17, 15) is 9.59 Å². The van der Waals surface area contributed by atoms with Gasteiger partial charge in [0.1, 0.15) is 0 Å². The molecule has 0 aromatic carbocycles. The first-order valence-corrected chi connectivity index (χ1v) is 8.15. The van der Waals surface area contributed by atoms with Crippen molar-refractivity contribution in [1.29, 1.82) is 0 Å². The molecule has 0 aromatic heterocycles. The standard InChI is InChI=1S/C16H29NO4/c1-3-21-11-7-10-17(12-13(2)16(19)20)15(18)14-8-5-4-6-9-14/h13-14H,3-12H2,1-2H3,(H,19,20). The van der Waals surface area contributed by atoms with Gasteiger partial charge < -0.3 is 14.7 Å². The summed E-state index contributed by atoms with van der Waals surface area (Å²) in [6.45, 7) is 5.78. The highest BCUT2D eigenvalue weighted by Gasteiger charge is 2.27. The number of aliphatic carboxylic acids is 1. The second kappa shape index (κ2) is 9.77. The van der Waals surface area contributed by atoms with Gasteiger partial charge in [-0.25, -0.2) is 0 Å². The molecule has 0 radical (unpaired) electrons. The summed E-state index contributed by atoms with van der Waals surface area (Å²) in [4.78, 5) is 25.4. The predicted octanol–water partition coefficient (Wildman–Crippen LogP) is 2.54. The number of rotatable bonds is 9. The van der Waals surface area contributed by atoms with Crippen molar-refractivity contribution in [2.45, 2.75) is 52.4 Å². The Balaban J connectivity index is 2.55. The number of hydrogen-bond acceptors (Lipinski definition) is 3. The molecule has 1 unspecified atom stereocenters. The first-order chi connectivity index (χ1) is 10.1. The smallest absolute Gasteiger partial charge is 0.308 e. The van der Waals surface area contributed by atoms with Crippen molar-refractivity contribution in [3.05, 3.63) is 0 Å². The van der Waals surface area contributed by atoms with E-state index in [1.165, 1.54) is 6.42 Å². The molecule has 122 valence electrons. The van der Waals surface area contributed by atoms with Crippen LogP contribution in [0.4, 0.5) is 0 Å². The molecule has 21 heavy (non-hydrogen) atoms. The van der Waals surface area contributed by atoms with Crippen molar-refractivity contribution in [3.63, 3.8) is 0 Å². The van der Waals surface area contributed by atoms with E-state index in [0.717, 1.165) is 32.1 Å². The third kappa shape index (κ3) is 6.46. The Kier molecular flexibility index (Phi) is 8.35. The minimum atomic E-state index is -0.846. The number of carboxylic acids is 1. The molecule has 1 atom stereocenters. The summed E-state index contributed by atoms with van der Waals surface area (Å²) >= 11 is 0. The summed E-state index contributed by atoms with van der Waals surface area (Å²) < 4.78 is 5.31. The Labute approximate surface area is 127 Å². The van der Waals surface area contributed by atoms with Crippen molar-refractivity contribution in [2.75, 3.05) is 26.3 Å². The molecule has 1 saturated carbocycles. The van der Waals surface area contributed by atoms with Gasteiger partial charge in [0, 0.05) is 32.2 Å². The zero-order valence-corrected chi connectivity index (χ0v) is 13.3. The van der Waals surface area contributed by atoms with E-state index in [4.69, 9.17) is 9.84 Å². The lowest BCUT2D eigenvalue weighted by atomic mass is 9.88. The molecule has 1 aliphatic carbocycles. The third-order valence-electron chi connectivity index (χ3n) is 4.10. The summed E-state index contributed by atoms with van der Waals surface area (Å²) in [5.74, 6) is -1.14. The minimum absolute atomic E-state index is 0.0897. The second-order valence-corrected chi connectivity index (χ2v) is 5.91. The zero-order valence-electron chi connectivity index (χ0n) is 13.3. The fraction of sp³-hybridized carbons (Fsp3) is 0.875. The van der Waals surface area contributed by atoms with Crippen molar-refractivity contribution in [2.24, 2.45) is 11.8 Å². The largest absolute Gasteiger partial charge is 0.481 e. The van der Waals surface area contributed by atoms with Crippen LogP contribution in [0.3, 0.4) is 0 Å². The molecule has 0 aromatic rings. The first-order valence-electron chi connectivity index (χ1n) is 8.15. The van der Waals surface area contributed by atoms with E-state index in [0.29, 0.717) is 26.3 Å². The maximum absolute atomic E-state index is 12.6. The number of nitrogens with zero attached hydrogens (tertiary/aromatic N) is 1. The van der Waals surface area contributed by atoms with Gasteiger partial charge in [-0.3, -0.25) is 9.59 Å². The van der Waals surface area contributed by atoms with Gasteiger partial charge in [-0.15, -0.1) is 0 Å². The number of hydrogen-bond donors (Lipinski definition) is 1. The maximum Gasteiger partial charge on any atom is 0.308 e. The van der Waals surface area contributed by atoms with E-state index in [-0.39, 0.29) is 11.8 Å². The van der Waals surface area contributed by atoms with Crippen molar-refractivity contribution < 1.29 is 19.4 Å². The van der Waals surface area contributed by atoms with Crippen molar-refractivity contribution >= 4 is 11.9 Å². The molecule has 1 fully saturated rings. The number of carboxylic acid groups (broad SMARTS) is 1. The Morgan fingerprint density at radius 3 is 2.52 bits per heavy atom. The highest BCUT2D eigenvalue weighted by atomic mass is 16.5. The maximum atomic E-state index is 12.6. The van der Waals surface area contributed by atoms with Gasteiger partial charge in [0.2, 0.25) is 5.91 Å². The number of carbonyl (C=O) groups excluding carboxylic acids is 1. The summed E-state index contributed by atoms with van der Waals surface area (Å²) in [6.07, 6.45) is 6.08. The van der Waals surface area contributed by atoms with Gasteiger partial charge in [0.25, 0.3) is 0 Å². The van der Waals surface area contributed by atoms with Crippen LogP contribution in [0, 0.1) is 11.8 Å². The Bertz CT molecular complexity index is 326. The molecular weight excluding hydrogens is 270 g/mol. The van der Waals surface area contributed by atoms with Gasteiger partial charge in [-0.05, 0) is 26.2 Å². The van der Waals surface area contributed by atoms with Crippen LogP contribution >= 0.6 is 0 Å². The van der Waals surface area contributed by atoms with E-state index >= 15 is 0 Å². The molecule has 1 amide bonds. The fourth-order valence-corrected chi connectivity index (χ4v) is 2.81. The molecule has 5 heteroatoms. The van der Waals surface area contributed by atoms with Gasteiger partial charge in [0.05, 0.1) is 5.92 Å². The van der Waals surface area contributed by atoms with Crippen LogP contribution in [0.5, 0.6) is 0 Å². The van der Waals surface area contributed by atoms with Crippen molar-refractivity contribution in [3.8, 4) is 0 Å². The molecule has 0 bridgehead atoms. The number of amides is 1. The molecule has 0 saturated heterocycles. The average molecular weight is 299 g/mol. The lowest BCUT2D eigenvalue weighted by Gasteiger charge is -2.30. The first kappa shape index (κ1) is 18.0. The van der Waals surface area contributed by atoms with E-state index in [1.807, 2.05) is 6.92 Å². The van der Waals surface area contributed by atoms with E-state index in [2.05, 4.69) is 0 Å². The Morgan fingerprint density at radius 2 is 1.95 bits per heavy atom. The SMILES string of the molecule is CCOCCCN(CC(C)C(=O)O)C(=O)C1CCCCC1. The topological polar surface area (TPSA) is 66.8 Å². The minimum Gasteiger partial charge on any atom is -0.481 e. The lowest BCUT2D eigenvalue weighted by molar-refractivity contribution is -0.144. The Morgan fingerprint density at radius 1 is 1.29 bits per heavy atom. The number of ether oxygens (including phenoxy) is 1. The van der Waals surface area contributed by atoms with Crippen LogP contribution in [-0.4, -0.2) is 48.2 Å². The molecule has 0 aliphatic heterocycles. The van der Waals surface area contributed by atoms with Crippen LogP contribution < -0.4 is 0 Å². The van der Waals surface area contributed by atoms with Crippen LogP contribution in [0.25, 0.3) is 0 Å². The quantitative estimate of drug-likeness (QED) is 0.664. The zero-order chi connectivity index (χ0) is 15.7. The predicted molar refractivity (Wildman–Crippen MR) is 81.1 cm³/mol. The van der Waals surface area contributed by atoms with Crippen LogP contribution in [-0.2, 0) is 14.3 Å². The highest BCUT2D eigenvalue weighted by molar-refractivity contribution is 5.79. The molecular formula is C16H29NO4. The summed E-state index contributed by atoms with van der Waals surface area (Å²) in [6, 6.07) is 0. The summed E-state index contributed by atoms with van der Waals surface area (Å²) in [5, 5.41) is 9.07. The van der Waals surface area contributed by atoms with Gasteiger partial charge >= 0.3 is 5.97 Å². The molecule has 1 aliphatic rings. The van der Waals surface area contributed by atoms with Crippen LogP contribution in [0.1, 0.15) is 52.4 Å². The van der Waals surface area contributed by atoms with Crippen LogP contribution in [0.2, 0.25) is 0 Å². The third-order valence-corrected chi connectivity index (χ3v) is 4.10. The van der Waals surface area contributed by atoms with Gasteiger partial charge in [0.15, 0.2) is 0 Å².